The van der Waals surface area contributed by atoms with Gasteiger partial charge in [-0.05, 0) is 55.7 Å². The van der Waals surface area contributed by atoms with Crippen LogP contribution in [0.5, 0.6) is 5.75 Å². The van der Waals surface area contributed by atoms with Crippen LogP contribution in [-0.4, -0.2) is 22.9 Å². The molecule has 0 unspecified atom stereocenters. The summed E-state index contributed by atoms with van der Waals surface area (Å²) in [5, 5.41) is 1.50. The largest absolute Gasteiger partial charge is 0.497 e. The molecule has 1 heterocycles. The van der Waals surface area contributed by atoms with Crippen molar-refractivity contribution in [1.82, 2.24) is 9.88 Å². The Bertz CT molecular complexity index is 1010. The molecular weight excluding hydrogens is 372 g/mol. The number of hydrogen-bond donors (Lipinski definition) is 0. The zero-order valence-corrected chi connectivity index (χ0v) is 16.9. The molecule has 1 amide bonds. The van der Waals surface area contributed by atoms with Gasteiger partial charge in [-0.2, -0.15) is 0 Å². The third-order valence-corrected chi connectivity index (χ3v) is 5.46. The molecule has 0 spiro atoms. The molecule has 1 aromatic heterocycles. The third kappa shape index (κ3) is 4.12. The van der Waals surface area contributed by atoms with Crippen molar-refractivity contribution >= 4 is 28.4 Å². The van der Waals surface area contributed by atoms with Crippen LogP contribution in [0.25, 0.3) is 10.9 Å². The van der Waals surface area contributed by atoms with Gasteiger partial charge in [-0.25, -0.2) is 4.98 Å². The average molecular weight is 395 g/mol. The smallest absolute Gasteiger partial charge is 0.226 e. The Hall–Kier alpha value is -2.59. The molecule has 1 aliphatic rings. The number of amides is 1. The molecule has 0 atom stereocenters. The maximum absolute atomic E-state index is 12.9. The Morgan fingerprint density at radius 3 is 2.57 bits per heavy atom. The molecule has 28 heavy (non-hydrogen) atoms. The summed E-state index contributed by atoms with van der Waals surface area (Å²) in [6.07, 6.45) is 1.95. The summed E-state index contributed by atoms with van der Waals surface area (Å²) in [4.78, 5) is 19.3. The fraction of sp³-hybridized carbons (Fsp3) is 0.304. The SMILES string of the molecule is COc1ccc(CN(Cc2cc3cc(C)ccc3nc2Cl)C(=O)C2CC2)cc1. The van der Waals surface area contributed by atoms with Gasteiger partial charge >= 0.3 is 0 Å². The van der Waals surface area contributed by atoms with E-state index in [-0.39, 0.29) is 11.8 Å². The third-order valence-electron chi connectivity index (χ3n) is 5.13. The van der Waals surface area contributed by atoms with E-state index in [9.17, 15) is 4.79 Å². The minimum atomic E-state index is 0.146. The topological polar surface area (TPSA) is 42.4 Å². The Labute approximate surface area is 170 Å². The zero-order valence-electron chi connectivity index (χ0n) is 16.1. The molecule has 0 N–H and O–H groups in total. The lowest BCUT2D eigenvalue weighted by atomic mass is 10.1. The van der Waals surface area contributed by atoms with Crippen LogP contribution in [0, 0.1) is 12.8 Å². The molecule has 1 fully saturated rings. The number of aromatic nitrogens is 1. The first kappa shape index (κ1) is 18.8. The van der Waals surface area contributed by atoms with E-state index >= 15 is 0 Å². The van der Waals surface area contributed by atoms with E-state index in [4.69, 9.17) is 16.3 Å². The Balaban J connectivity index is 1.62. The van der Waals surface area contributed by atoms with Gasteiger partial charge in [0.15, 0.2) is 0 Å². The van der Waals surface area contributed by atoms with Crippen LogP contribution in [-0.2, 0) is 17.9 Å². The molecule has 3 aromatic rings. The molecule has 5 heteroatoms. The normalized spacial score (nSPS) is 13.5. The number of pyridine rings is 1. The predicted molar refractivity (Wildman–Crippen MR) is 111 cm³/mol. The second-order valence-corrected chi connectivity index (χ2v) is 7.81. The minimum absolute atomic E-state index is 0.146. The molecular formula is C23H23ClN2O2. The van der Waals surface area contributed by atoms with Crippen molar-refractivity contribution in [1.29, 1.82) is 0 Å². The quantitative estimate of drug-likeness (QED) is 0.543. The van der Waals surface area contributed by atoms with Gasteiger partial charge in [0, 0.05) is 30.0 Å². The summed E-state index contributed by atoms with van der Waals surface area (Å²) < 4.78 is 5.23. The fourth-order valence-electron chi connectivity index (χ4n) is 3.38. The fourth-order valence-corrected chi connectivity index (χ4v) is 3.59. The van der Waals surface area contributed by atoms with Crippen molar-refractivity contribution in [3.05, 3.63) is 70.4 Å². The number of nitrogens with zero attached hydrogens (tertiary/aromatic N) is 2. The molecule has 0 radical (unpaired) electrons. The van der Waals surface area contributed by atoms with E-state index in [1.165, 1.54) is 5.56 Å². The molecule has 1 saturated carbocycles. The first-order valence-electron chi connectivity index (χ1n) is 9.51. The number of carbonyl (C=O) groups is 1. The van der Waals surface area contributed by atoms with Crippen LogP contribution in [0.15, 0.2) is 48.5 Å². The van der Waals surface area contributed by atoms with Crippen LogP contribution in [0.2, 0.25) is 5.15 Å². The predicted octanol–water partition coefficient (Wildman–Crippen LogP) is 5.14. The Kier molecular flexibility index (Phi) is 5.23. The van der Waals surface area contributed by atoms with Crippen LogP contribution in [0.4, 0.5) is 0 Å². The van der Waals surface area contributed by atoms with Gasteiger partial charge in [-0.3, -0.25) is 4.79 Å². The van der Waals surface area contributed by atoms with E-state index in [1.54, 1.807) is 7.11 Å². The van der Waals surface area contributed by atoms with Gasteiger partial charge in [0.05, 0.1) is 12.6 Å². The molecule has 0 saturated heterocycles. The van der Waals surface area contributed by atoms with Crippen LogP contribution in [0.1, 0.15) is 29.5 Å². The van der Waals surface area contributed by atoms with E-state index < -0.39 is 0 Å². The summed E-state index contributed by atoms with van der Waals surface area (Å²) in [5.41, 5.74) is 3.99. The minimum Gasteiger partial charge on any atom is -0.497 e. The van der Waals surface area contributed by atoms with Crippen LogP contribution < -0.4 is 4.74 Å². The van der Waals surface area contributed by atoms with Gasteiger partial charge in [-0.1, -0.05) is 35.4 Å². The number of benzene rings is 2. The highest BCUT2D eigenvalue weighted by atomic mass is 35.5. The number of carbonyl (C=O) groups excluding carboxylic acids is 1. The van der Waals surface area contributed by atoms with Gasteiger partial charge in [0.2, 0.25) is 5.91 Å². The number of ether oxygens (including phenoxy) is 1. The lowest BCUT2D eigenvalue weighted by Gasteiger charge is -2.24. The van der Waals surface area contributed by atoms with Crippen molar-refractivity contribution in [2.75, 3.05) is 7.11 Å². The second-order valence-electron chi connectivity index (χ2n) is 7.45. The van der Waals surface area contributed by atoms with Crippen LogP contribution in [0.3, 0.4) is 0 Å². The van der Waals surface area contributed by atoms with Crippen molar-refractivity contribution in [3.63, 3.8) is 0 Å². The number of fused-ring (bicyclic) bond motifs is 1. The number of halogens is 1. The first-order valence-corrected chi connectivity index (χ1v) is 9.89. The van der Waals surface area contributed by atoms with Crippen molar-refractivity contribution in [2.24, 2.45) is 5.92 Å². The van der Waals surface area contributed by atoms with Gasteiger partial charge in [0.1, 0.15) is 10.9 Å². The molecule has 4 rings (SSSR count). The van der Waals surface area contributed by atoms with E-state index in [0.717, 1.165) is 40.6 Å². The monoisotopic (exact) mass is 394 g/mol. The van der Waals surface area contributed by atoms with E-state index in [1.807, 2.05) is 41.3 Å². The summed E-state index contributed by atoms with van der Waals surface area (Å²) in [5.74, 6) is 1.14. The average Bonchev–Trinajstić information content (AvgIpc) is 3.53. The van der Waals surface area contributed by atoms with Crippen LogP contribution >= 0.6 is 11.6 Å². The first-order chi connectivity index (χ1) is 13.5. The number of rotatable bonds is 6. The molecule has 0 bridgehead atoms. The van der Waals surface area contributed by atoms with Gasteiger partial charge in [0.25, 0.3) is 0 Å². The van der Waals surface area contributed by atoms with E-state index in [2.05, 4.69) is 24.0 Å². The summed E-state index contributed by atoms with van der Waals surface area (Å²) in [7, 11) is 1.65. The second kappa shape index (κ2) is 7.80. The van der Waals surface area contributed by atoms with Gasteiger partial charge in [-0.15, -0.1) is 0 Å². The lowest BCUT2D eigenvalue weighted by molar-refractivity contribution is -0.133. The molecule has 2 aromatic carbocycles. The highest BCUT2D eigenvalue weighted by molar-refractivity contribution is 6.30. The van der Waals surface area contributed by atoms with Gasteiger partial charge < -0.3 is 9.64 Å². The Morgan fingerprint density at radius 2 is 1.89 bits per heavy atom. The number of methoxy groups -OCH3 is 1. The Morgan fingerprint density at radius 1 is 1.14 bits per heavy atom. The molecule has 144 valence electrons. The lowest BCUT2D eigenvalue weighted by Crippen LogP contribution is -2.31. The number of aryl methyl sites for hydroxylation is 1. The number of hydrogen-bond acceptors (Lipinski definition) is 3. The highest BCUT2D eigenvalue weighted by Gasteiger charge is 2.33. The maximum atomic E-state index is 12.9. The summed E-state index contributed by atoms with van der Waals surface area (Å²) >= 11 is 6.46. The van der Waals surface area contributed by atoms with Crippen molar-refractivity contribution < 1.29 is 9.53 Å². The standard InChI is InChI=1S/C23H23ClN2O2/c1-15-3-10-21-18(11-15)12-19(22(24)25-21)14-26(23(27)17-6-7-17)13-16-4-8-20(28-2)9-5-16/h3-5,8-12,17H,6-7,13-14H2,1-2H3. The molecule has 4 nitrogen and oxygen atoms in total. The van der Waals surface area contributed by atoms with E-state index in [0.29, 0.717) is 18.2 Å². The molecule has 1 aliphatic carbocycles. The zero-order chi connectivity index (χ0) is 19.7. The molecule has 0 aliphatic heterocycles. The summed E-state index contributed by atoms with van der Waals surface area (Å²) in [6.45, 7) is 3.05. The summed E-state index contributed by atoms with van der Waals surface area (Å²) in [6, 6.07) is 16.0. The van der Waals surface area contributed by atoms with Crippen molar-refractivity contribution in [2.45, 2.75) is 32.9 Å². The van der Waals surface area contributed by atoms with Crippen molar-refractivity contribution in [3.8, 4) is 5.75 Å². The maximum Gasteiger partial charge on any atom is 0.226 e. The highest BCUT2D eigenvalue weighted by Crippen LogP contribution is 2.33.